The predicted octanol–water partition coefficient (Wildman–Crippen LogP) is 4.46. The highest BCUT2D eigenvalue weighted by atomic mass is 32.1. The van der Waals surface area contributed by atoms with Crippen molar-refractivity contribution in [2.45, 2.75) is 31.7 Å². The van der Waals surface area contributed by atoms with Gasteiger partial charge in [0.1, 0.15) is 11.5 Å². The fourth-order valence-electron chi connectivity index (χ4n) is 3.43. The summed E-state index contributed by atoms with van der Waals surface area (Å²) in [6.07, 6.45) is -3.47. The van der Waals surface area contributed by atoms with E-state index in [0.717, 1.165) is 31.0 Å². The summed E-state index contributed by atoms with van der Waals surface area (Å²) in [5, 5.41) is -0.588. The molecule has 4 rings (SSSR count). The Labute approximate surface area is 167 Å². The molecule has 0 spiro atoms. The van der Waals surface area contributed by atoms with Gasteiger partial charge in [-0.3, -0.25) is 14.3 Å². The largest absolute Gasteiger partial charge is 0.417 e. The number of benzene rings is 1. The second-order valence-electron chi connectivity index (χ2n) is 6.76. The molecule has 1 fully saturated rings. The lowest BCUT2D eigenvalue weighted by atomic mass is 10.1. The molecule has 3 heterocycles. The number of rotatable bonds is 3. The summed E-state index contributed by atoms with van der Waals surface area (Å²) in [5.74, 6) is -0.525. The molecule has 29 heavy (non-hydrogen) atoms. The normalized spacial score (nSPS) is 17.2. The van der Waals surface area contributed by atoms with E-state index < -0.39 is 28.5 Å². The Morgan fingerprint density at radius 3 is 2.62 bits per heavy atom. The first-order valence-corrected chi connectivity index (χ1v) is 9.27. The number of ether oxygens (including phenoxy) is 1. The predicted molar refractivity (Wildman–Crippen MR) is 101 cm³/mol. The van der Waals surface area contributed by atoms with Crippen LogP contribution in [0.2, 0.25) is 0 Å². The number of halogens is 4. The lowest BCUT2D eigenvalue weighted by molar-refractivity contribution is -0.136. The van der Waals surface area contributed by atoms with Gasteiger partial charge in [0, 0.05) is 12.2 Å². The van der Waals surface area contributed by atoms with Gasteiger partial charge in [-0.2, -0.15) is 13.2 Å². The number of nitrogens with one attached hydrogen (secondary N) is 1. The van der Waals surface area contributed by atoms with Gasteiger partial charge >= 0.3 is 6.18 Å². The van der Waals surface area contributed by atoms with Crippen molar-refractivity contribution >= 4 is 23.3 Å². The third-order valence-corrected chi connectivity index (χ3v) is 5.13. The van der Waals surface area contributed by atoms with Gasteiger partial charge in [0.15, 0.2) is 4.77 Å². The van der Waals surface area contributed by atoms with Crippen molar-refractivity contribution in [2.75, 3.05) is 6.61 Å². The Balaban J connectivity index is 2.02. The van der Waals surface area contributed by atoms with Crippen LogP contribution in [0.3, 0.4) is 0 Å². The summed E-state index contributed by atoms with van der Waals surface area (Å²) in [6, 6.07) is 5.71. The van der Waals surface area contributed by atoms with Crippen LogP contribution < -0.4 is 5.56 Å². The highest BCUT2D eigenvalue weighted by molar-refractivity contribution is 7.71. The number of pyridine rings is 1. The SMILES string of the molecule is O=c1[nH]c(=S)n(C[C@H]2CCCO2)c2nc(-c3ccc(F)cc3)cc(C(F)(F)F)c12. The van der Waals surface area contributed by atoms with Crippen LogP contribution in [0.4, 0.5) is 17.6 Å². The summed E-state index contributed by atoms with van der Waals surface area (Å²) in [6.45, 7) is 0.727. The minimum Gasteiger partial charge on any atom is -0.376 e. The number of nitrogens with zero attached hydrogens (tertiary/aromatic N) is 2. The van der Waals surface area contributed by atoms with Crippen molar-refractivity contribution in [1.82, 2.24) is 14.5 Å². The van der Waals surface area contributed by atoms with Crippen LogP contribution in [0.1, 0.15) is 18.4 Å². The number of hydrogen-bond donors (Lipinski definition) is 1. The zero-order chi connectivity index (χ0) is 20.8. The third kappa shape index (κ3) is 3.82. The van der Waals surface area contributed by atoms with E-state index in [1.807, 2.05) is 0 Å². The minimum atomic E-state index is -4.80. The van der Waals surface area contributed by atoms with Gasteiger partial charge in [0.05, 0.1) is 29.3 Å². The van der Waals surface area contributed by atoms with E-state index >= 15 is 0 Å². The molecule has 0 bridgehead atoms. The molecule has 5 nitrogen and oxygen atoms in total. The van der Waals surface area contributed by atoms with Gasteiger partial charge in [0.2, 0.25) is 0 Å². The van der Waals surface area contributed by atoms with Gasteiger partial charge in [-0.15, -0.1) is 0 Å². The van der Waals surface area contributed by atoms with Crippen molar-refractivity contribution in [3.63, 3.8) is 0 Å². The molecule has 1 aliphatic heterocycles. The summed E-state index contributed by atoms with van der Waals surface area (Å²) in [7, 11) is 0. The Morgan fingerprint density at radius 2 is 2.00 bits per heavy atom. The number of aromatic amines is 1. The van der Waals surface area contributed by atoms with Gasteiger partial charge < -0.3 is 4.74 Å². The standard InChI is InChI=1S/C19H15F4N3O2S/c20-11-5-3-10(4-6-11)14-8-13(19(21,22)23)15-16(24-14)26(18(29)25-17(15)27)9-12-2-1-7-28-12/h3-6,8,12H,1-2,7,9H2,(H,25,27,29)/t12-/m1/s1. The smallest absolute Gasteiger partial charge is 0.376 e. The molecule has 0 amide bonds. The van der Waals surface area contributed by atoms with Gasteiger partial charge in [-0.25, -0.2) is 9.37 Å². The minimum absolute atomic E-state index is 0.0325. The van der Waals surface area contributed by atoms with E-state index in [0.29, 0.717) is 6.61 Å². The first-order chi connectivity index (χ1) is 13.7. The molecule has 0 unspecified atom stereocenters. The van der Waals surface area contributed by atoms with Gasteiger partial charge in [-0.05, 0) is 55.4 Å². The molecule has 0 saturated carbocycles. The number of alkyl halides is 3. The number of H-pyrrole nitrogens is 1. The molecular weight excluding hydrogens is 410 g/mol. The summed E-state index contributed by atoms with van der Waals surface area (Å²) < 4.78 is 61.5. The van der Waals surface area contributed by atoms with Gasteiger partial charge in [0.25, 0.3) is 5.56 Å². The average Bonchev–Trinajstić information content (AvgIpc) is 3.17. The highest BCUT2D eigenvalue weighted by Crippen LogP contribution is 2.35. The Hall–Kier alpha value is -2.59. The second kappa shape index (κ2) is 7.34. The van der Waals surface area contributed by atoms with Crippen LogP contribution in [0.5, 0.6) is 0 Å². The maximum absolute atomic E-state index is 13.8. The summed E-state index contributed by atoms with van der Waals surface area (Å²) in [5.41, 5.74) is -2.01. The quantitative estimate of drug-likeness (QED) is 0.497. The first-order valence-electron chi connectivity index (χ1n) is 8.86. The van der Waals surface area contributed by atoms with Crippen molar-refractivity contribution in [1.29, 1.82) is 0 Å². The number of hydrogen-bond acceptors (Lipinski definition) is 4. The molecule has 152 valence electrons. The molecule has 10 heteroatoms. The average molecular weight is 425 g/mol. The molecule has 1 N–H and O–H groups in total. The third-order valence-electron chi connectivity index (χ3n) is 4.80. The lowest BCUT2D eigenvalue weighted by Gasteiger charge is -2.18. The van der Waals surface area contributed by atoms with Crippen molar-refractivity contribution in [2.24, 2.45) is 0 Å². The molecular formula is C19H15F4N3O2S. The zero-order valence-electron chi connectivity index (χ0n) is 14.9. The van der Waals surface area contributed by atoms with Crippen molar-refractivity contribution < 1.29 is 22.3 Å². The van der Waals surface area contributed by atoms with E-state index in [4.69, 9.17) is 17.0 Å². The van der Waals surface area contributed by atoms with E-state index in [1.165, 1.54) is 16.7 Å². The van der Waals surface area contributed by atoms with Crippen LogP contribution >= 0.6 is 12.2 Å². The first kappa shape index (κ1) is 19.7. The molecule has 1 aromatic carbocycles. The van der Waals surface area contributed by atoms with Crippen LogP contribution in [0, 0.1) is 10.6 Å². The second-order valence-corrected chi connectivity index (χ2v) is 7.15. The molecule has 2 aromatic heterocycles. The zero-order valence-corrected chi connectivity index (χ0v) is 15.7. The highest BCUT2D eigenvalue weighted by Gasteiger charge is 2.35. The molecule has 1 saturated heterocycles. The molecule has 0 aliphatic carbocycles. The maximum Gasteiger partial charge on any atom is 0.417 e. The summed E-state index contributed by atoms with van der Waals surface area (Å²) >= 11 is 5.20. The van der Waals surface area contributed by atoms with E-state index in [-0.39, 0.29) is 34.3 Å². The Kier molecular flexibility index (Phi) is 4.99. The molecule has 0 radical (unpaired) electrons. The lowest BCUT2D eigenvalue weighted by Crippen LogP contribution is -2.24. The monoisotopic (exact) mass is 425 g/mol. The van der Waals surface area contributed by atoms with Crippen LogP contribution in [-0.4, -0.2) is 27.2 Å². The van der Waals surface area contributed by atoms with Gasteiger partial charge in [-0.1, -0.05) is 0 Å². The molecule has 3 aromatic rings. The number of fused-ring (bicyclic) bond motifs is 1. The van der Waals surface area contributed by atoms with E-state index in [9.17, 15) is 22.4 Å². The molecule has 1 aliphatic rings. The van der Waals surface area contributed by atoms with Crippen LogP contribution in [0.25, 0.3) is 22.3 Å². The van der Waals surface area contributed by atoms with Crippen LogP contribution in [-0.2, 0) is 17.5 Å². The van der Waals surface area contributed by atoms with E-state index in [1.54, 1.807) is 0 Å². The van der Waals surface area contributed by atoms with E-state index in [2.05, 4.69) is 9.97 Å². The number of aromatic nitrogens is 3. The maximum atomic E-state index is 13.8. The van der Waals surface area contributed by atoms with Crippen molar-refractivity contribution in [3.05, 3.63) is 56.8 Å². The Bertz CT molecular complexity index is 1180. The molecule has 1 atom stereocenters. The summed E-state index contributed by atoms with van der Waals surface area (Å²) in [4.78, 5) is 19.0. The fraction of sp³-hybridized carbons (Fsp3) is 0.316. The van der Waals surface area contributed by atoms with Crippen molar-refractivity contribution in [3.8, 4) is 11.3 Å². The van der Waals surface area contributed by atoms with Crippen LogP contribution in [0.15, 0.2) is 35.1 Å². The fourth-order valence-corrected chi connectivity index (χ4v) is 3.68. The topological polar surface area (TPSA) is 59.9 Å². The Morgan fingerprint density at radius 1 is 1.28 bits per heavy atom.